The van der Waals surface area contributed by atoms with Crippen LogP contribution in [-0.2, 0) is 10.5 Å². The fraction of sp³-hybridized carbons (Fsp3) is 0.500. The van der Waals surface area contributed by atoms with Crippen molar-refractivity contribution in [2.45, 2.75) is 5.72 Å². The van der Waals surface area contributed by atoms with E-state index in [-0.39, 0.29) is 0 Å². The molecular formula is C8H12N4O. The van der Waals surface area contributed by atoms with E-state index in [1.54, 1.807) is 12.3 Å². The van der Waals surface area contributed by atoms with Crippen LogP contribution in [0.5, 0.6) is 0 Å². The van der Waals surface area contributed by atoms with Crippen molar-refractivity contribution in [3.8, 4) is 0 Å². The van der Waals surface area contributed by atoms with Crippen LogP contribution in [0.2, 0.25) is 0 Å². The number of hydrogen-bond donors (Lipinski definition) is 2. The Balaban J connectivity index is 2.23. The van der Waals surface area contributed by atoms with Gasteiger partial charge in [0.15, 0.2) is 5.72 Å². The molecule has 70 valence electrons. The Kier molecular flexibility index (Phi) is 2.22. The lowest BCUT2D eigenvalue weighted by Gasteiger charge is -2.33. The van der Waals surface area contributed by atoms with Crippen molar-refractivity contribution in [3.05, 3.63) is 24.3 Å². The van der Waals surface area contributed by atoms with Gasteiger partial charge in [0.1, 0.15) is 6.33 Å². The van der Waals surface area contributed by atoms with Crippen LogP contribution in [0.3, 0.4) is 0 Å². The molecule has 1 saturated heterocycles. The smallest absolute Gasteiger partial charge is 0.172 e. The van der Waals surface area contributed by atoms with Gasteiger partial charge in [0.2, 0.25) is 0 Å². The summed E-state index contributed by atoms with van der Waals surface area (Å²) < 4.78 is 5.48. The molecule has 1 aliphatic rings. The molecule has 0 aliphatic carbocycles. The topological polar surface area (TPSA) is 73.1 Å². The molecule has 1 atom stereocenters. The van der Waals surface area contributed by atoms with Crippen LogP contribution in [0.15, 0.2) is 18.6 Å². The molecule has 0 bridgehead atoms. The minimum atomic E-state index is -0.790. The number of hydrogen-bond acceptors (Lipinski definition) is 5. The van der Waals surface area contributed by atoms with Gasteiger partial charge in [-0.1, -0.05) is 0 Å². The summed E-state index contributed by atoms with van der Waals surface area (Å²) in [7, 11) is 0. The summed E-state index contributed by atoms with van der Waals surface area (Å²) in [6.07, 6.45) is 3.14. The van der Waals surface area contributed by atoms with E-state index in [1.807, 2.05) is 0 Å². The molecule has 1 aromatic heterocycles. The Morgan fingerprint density at radius 2 is 2.54 bits per heavy atom. The van der Waals surface area contributed by atoms with Gasteiger partial charge in [-0.2, -0.15) is 0 Å². The molecule has 0 amide bonds. The number of nitrogens with one attached hydrogen (secondary N) is 1. The molecule has 5 nitrogen and oxygen atoms in total. The summed E-state index contributed by atoms with van der Waals surface area (Å²) in [5, 5.41) is 3.16. The van der Waals surface area contributed by atoms with E-state index >= 15 is 0 Å². The van der Waals surface area contributed by atoms with Gasteiger partial charge in [0.05, 0.1) is 12.3 Å². The Labute approximate surface area is 76.3 Å². The van der Waals surface area contributed by atoms with Crippen LogP contribution < -0.4 is 11.1 Å². The van der Waals surface area contributed by atoms with Crippen LogP contribution in [-0.4, -0.2) is 29.7 Å². The quantitative estimate of drug-likeness (QED) is 0.592. The summed E-state index contributed by atoms with van der Waals surface area (Å²) >= 11 is 0. The molecule has 1 fully saturated rings. The minimum Gasteiger partial charge on any atom is -0.352 e. The van der Waals surface area contributed by atoms with Gasteiger partial charge >= 0.3 is 0 Å². The fourth-order valence-corrected chi connectivity index (χ4v) is 1.34. The van der Waals surface area contributed by atoms with E-state index in [9.17, 15) is 0 Å². The van der Waals surface area contributed by atoms with Crippen molar-refractivity contribution in [2.24, 2.45) is 5.73 Å². The predicted octanol–water partition coefficient (Wildman–Crippen LogP) is -0.792. The maximum Gasteiger partial charge on any atom is 0.172 e. The van der Waals surface area contributed by atoms with Crippen molar-refractivity contribution < 1.29 is 4.74 Å². The molecule has 0 radical (unpaired) electrons. The summed E-state index contributed by atoms with van der Waals surface area (Å²) in [5.41, 5.74) is 5.93. The summed E-state index contributed by atoms with van der Waals surface area (Å²) in [6.45, 7) is 2.04. The normalized spacial score (nSPS) is 28.7. The highest BCUT2D eigenvalue weighted by Gasteiger charge is 2.31. The number of nitrogens with zero attached hydrogens (tertiary/aromatic N) is 2. The lowest BCUT2D eigenvalue weighted by atomic mass is 10.1. The number of nitrogens with two attached hydrogens (primary N) is 1. The molecule has 0 saturated carbocycles. The van der Waals surface area contributed by atoms with Gasteiger partial charge in [0, 0.05) is 19.3 Å². The van der Waals surface area contributed by atoms with E-state index in [1.165, 1.54) is 6.33 Å². The highest BCUT2D eigenvalue weighted by molar-refractivity contribution is 5.10. The fourth-order valence-electron chi connectivity index (χ4n) is 1.34. The molecular weight excluding hydrogens is 168 g/mol. The molecule has 2 rings (SSSR count). The third-order valence-corrected chi connectivity index (χ3v) is 2.04. The molecule has 0 spiro atoms. The largest absolute Gasteiger partial charge is 0.352 e. The highest BCUT2D eigenvalue weighted by atomic mass is 16.5. The van der Waals surface area contributed by atoms with Crippen molar-refractivity contribution in [2.75, 3.05) is 19.7 Å². The second-order valence-corrected chi connectivity index (χ2v) is 3.01. The van der Waals surface area contributed by atoms with Crippen LogP contribution in [0.1, 0.15) is 5.69 Å². The third-order valence-electron chi connectivity index (χ3n) is 2.04. The lowest BCUT2D eigenvalue weighted by molar-refractivity contribution is -0.0697. The lowest BCUT2D eigenvalue weighted by Crippen LogP contribution is -2.54. The zero-order valence-electron chi connectivity index (χ0n) is 7.23. The molecule has 0 aromatic carbocycles. The average Bonchev–Trinajstić information content (AvgIpc) is 2.20. The summed E-state index contributed by atoms with van der Waals surface area (Å²) in [5.74, 6) is 0. The first-order chi connectivity index (χ1) is 6.31. The first-order valence-electron chi connectivity index (χ1n) is 4.21. The molecule has 1 aromatic rings. The molecule has 1 aliphatic heterocycles. The van der Waals surface area contributed by atoms with E-state index in [4.69, 9.17) is 10.5 Å². The second-order valence-electron chi connectivity index (χ2n) is 3.01. The molecule has 1 unspecified atom stereocenters. The van der Waals surface area contributed by atoms with Gasteiger partial charge in [-0.3, -0.25) is 5.73 Å². The zero-order valence-corrected chi connectivity index (χ0v) is 7.23. The van der Waals surface area contributed by atoms with Crippen molar-refractivity contribution in [1.82, 2.24) is 15.3 Å². The predicted molar refractivity (Wildman–Crippen MR) is 46.7 cm³/mol. The average molecular weight is 180 g/mol. The first kappa shape index (κ1) is 8.55. The first-order valence-corrected chi connectivity index (χ1v) is 4.21. The zero-order chi connectivity index (χ0) is 9.15. The Bertz CT molecular complexity index is 271. The van der Waals surface area contributed by atoms with Crippen LogP contribution >= 0.6 is 0 Å². The van der Waals surface area contributed by atoms with Crippen LogP contribution in [0.25, 0.3) is 0 Å². The van der Waals surface area contributed by atoms with E-state index in [2.05, 4.69) is 15.3 Å². The molecule has 5 heteroatoms. The molecule has 13 heavy (non-hydrogen) atoms. The second kappa shape index (κ2) is 3.37. The van der Waals surface area contributed by atoms with Crippen LogP contribution in [0.4, 0.5) is 0 Å². The van der Waals surface area contributed by atoms with Crippen molar-refractivity contribution >= 4 is 0 Å². The van der Waals surface area contributed by atoms with E-state index in [0.29, 0.717) is 13.2 Å². The molecule has 3 N–H and O–H groups in total. The maximum absolute atomic E-state index is 6.01. The van der Waals surface area contributed by atoms with Gasteiger partial charge < -0.3 is 10.1 Å². The third kappa shape index (κ3) is 1.67. The number of aromatic nitrogens is 2. The van der Waals surface area contributed by atoms with E-state index in [0.717, 1.165) is 12.2 Å². The van der Waals surface area contributed by atoms with Gasteiger partial charge in [0.25, 0.3) is 0 Å². The highest BCUT2D eigenvalue weighted by Crippen LogP contribution is 2.17. The Hall–Kier alpha value is -1.04. The van der Waals surface area contributed by atoms with Crippen LogP contribution in [0, 0.1) is 0 Å². The Morgan fingerprint density at radius 3 is 3.15 bits per heavy atom. The van der Waals surface area contributed by atoms with Crippen molar-refractivity contribution in [1.29, 1.82) is 0 Å². The SMILES string of the molecule is NC1(c2ccncn2)CNCCO1. The maximum atomic E-state index is 6.01. The van der Waals surface area contributed by atoms with Crippen molar-refractivity contribution in [3.63, 3.8) is 0 Å². The number of morpholine rings is 1. The Morgan fingerprint density at radius 1 is 1.62 bits per heavy atom. The van der Waals surface area contributed by atoms with Gasteiger partial charge in [-0.25, -0.2) is 9.97 Å². The van der Waals surface area contributed by atoms with Gasteiger partial charge in [-0.15, -0.1) is 0 Å². The number of ether oxygens (including phenoxy) is 1. The van der Waals surface area contributed by atoms with E-state index < -0.39 is 5.72 Å². The summed E-state index contributed by atoms with van der Waals surface area (Å²) in [4.78, 5) is 7.90. The van der Waals surface area contributed by atoms with Gasteiger partial charge in [-0.05, 0) is 6.07 Å². The minimum absolute atomic E-state index is 0.587. The standard InChI is InChI=1S/C8H12N4O/c9-8(5-10-3-4-13-8)7-1-2-11-6-12-7/h1-2,6,10H,3-5,9H2. The molecule has 2 heterocycles. The summed E-state index contributed by atoms with van der Waals surface area (Å²) in [6, 6.07) is 1.77. The number of rotatable bonds is 1. The monoisotopic (exact) mass is 180 g/mol.